The highest BCUT2D eigenvalue weighted by Crippen LogP contribution is 2.43. The molecule has 0 spiro atoms. The Kier molecular flexibility index (Phi) is 3.91. The van der Waals surface area contributed by atoms with E-state index in [4.69, 9.17) is 0 Å². The van der Waals surface area contributed by atoms with Gasteiger partial charge in [-0.1, -0.05) is 37.3 Å². The van der Waals surface area contributed by atoms with Gasteiger partial charge in [0.2, 0.25) is 5.91 Å². The van der Waals surface area contributed by atoms with E-state index in [1.54, 1.807) is 0 Å². The topological polar surface area (TPSA) is 44.4 Å². The van der Waals surface area contributed by atoms with Crippen molar-refractivity contribution in [3.05, 3.63) is 53.6 Å². The number of nitrogens with one attached hydrogen (secondary N) is 2. The molecule has 4 rings (SSSR count). The second kappa shape index (κ2) is 6.10. The number of allylic oxidation sites excluding steroid dienone is 2. The van der Waals surface area contributed by atoms with E-state index < -0.39 is 0 Å². The van der Waals surface area contributed by atoms with E-state index in [9.17, 15) is 4.79 Å². The van der Waals surface area contributed by atoms with Crippen molar-refractivity contribution in [2.24, 2.45) is 5.92 Å². The van der Waals surface area contributed by atoms with Crippen LogP contribution in [0.5, 0.6) is 0 Å². The molecule has 2 unspecified atom stereocenters. The number of carbonyl (C=O) groups excluding carboxylic acids is 1. The lowest BCUT2D eigenvalue weighted by atomic mass is 9.91. The third-order valence-electron chi connectivity index (χ3n) is 5.33. The molecule has 0 radical (unpaired) electrons. The molecule has 0 saturated carbocycles. The monoisotopic (exact) mass is 335 g/mol. The molecule has 4 nitrogen and oxygen atoms in total. The van der Waals surface area contributed by atoms with Crippen LogP contribution in [0.2, 0.25) is 0 Å². The summed E-state index contributed by atoms with van der Waals surface area (Å²) < 4.78 is 0. The standard InChI is InChI=1S/C21H25N3O/c1-4-24-18(12-15-8-5-7-13(2)21(15)24)16-9-6-10-17-20(16)22-14(3)11-19(25)23-17/h5-10,12-14,21-22H,4,11H2,1-3H3,(H,23,25)/t13?,14-,21?/m1/s1. The number of fused-ring (bicyclic) bond motifs is 2. The second-order valence-corrected chi connectivity index (χ2v) is 7.20. The molecule has 0 aromatic heterocycles. The van der Waals surface area contributed by atoms with Gasteiger partial charge < -0.3 is 15.5 Å². The van der Waals surface area contributed by atoms with Gasteiger partial charge in [0.25, 0.3) is 0 Å². The van der Waals surface area contributed by atoms with Crippen LogP contribution in [-0.4, -0.2) is 29.4 Å². The van der Waals surface area contributed by atoms with E-state index in [1.807, 2.05) is 12.1 Å². The average Bonchev–Trinajstić information content (AvgIpc) is 2.88. The summed E-state index contributed by atoms with van der Waals surface area (Å²) in [6.45, 7) is 7.50. The summed E-state index contributed by atoms with van der Waals surface area (Å²) in [5.41, 5.74) is 5.68. The van der Waals surface area contributed by atoms with Crippen LogP contribution >= 0.6 is 0 Å². The highest BCUT2D eigenvalue weighted by atomic mass is 16.1. The van der Waals surface area contributed by atoms with Gasteiger partial charge in [-0.3, -0.25) is 4.79 Å². The molecule has 0 fully saturated rings. The van der Waals surface area contributed by atoms with Crippen LogP contribution in [0.15, 0.2) is 48.1 Å². The van der Waals surface area contributed by atoms with Gasteiger partial charge in [-0.05, 0) is 37.5 Å². The predicted octanol–water partition coefficient (Wildman–Crippen LogP) is 4.01. The Morgan fingerprint density at radius 2 is 2.12 bits per heavy atom. The molecule has 3 atom stereocenters. The Hall–Kier alpha value is -2.49. The first-order chi connectivity index (χ1) is 12.1. The number of carbonyl (C=O) groups is 1. The van der Waals surface area contributed by atoms with Crippen molar-refractivity contribution in [1.82, 2.24) is 4.90 Å². The summed E-state index contributed by atoms with van der Waals surface area (Å²) in [4.78, 5) is 14.5. The summed E-state index contributed by atoms with van der Waals surface area (Å²) in [6.07, 6.45) is 9.46. The molecule has 1 aromatic rings. The summed E-state index contributed by atoms with van der Waals surface area (Å²) >= 11 is 0. The Bertz CT molecular complexity index is 805. The van der Waals surface area contributed by atoms with E-state index in [0.29, 0.717) is 18.4 Å². The first-order valence-electron chi connectivity index (χ1n) is 9.15. The second-order valence-electron chi connectivity index (χ2n) is 7.20. The lowest BCUT2D eigenvalue weighted by Gasteiger charge is -2.34. The van der Waals surface area contributed by atoms with Crippen molar-refractivity contribution >= 4 is 23.0 Å². The number of benzene rings is 1. The van der Waals surface area contributed by atoms with E-state index in [1.165, 1.54) is 11.3 Å². The third kappa shape index (κ3) is 2.66. The van der Waals surface area contributed by atoms with Gasteiger partial charge in [0.1, 0.15) is 0 Å². The van der Waals surface area contributed by atoms with Crippen LogP contribution in [0.25, 0.3) is 5.70 Å². The number of rotatable bonds is 2. The summed E-state index contributed by atoms with van der Waals surface area (Å²) in [6, 6.07) is 6.67. The van der Waals surface area contributed by atoms with E-state index in [2.05, 4.69) is 66.7 Å². The van der Waals surface area contributed by atoms with Crippen molar-refractivity contribution in [2.45, 2.75) is 39.3 Å². The van der Waals surface area contributed by atoms with Gasteiger partial charge in [-0.25, -0.2) is 0 Å². The van der Waals surface area contributed by atoms with E-state index in [0.717, 1.165) is 23.5 Å². The Labute approximate surface area is 149 Å². The van der Waals surface area contributed by atoms with Crippen LogP contribution in [0, 0.1) is 5.92 Å². The molecule has 1 aromatic carbocycles. The van der Waals surface area contributed by atoms with Gasteiger partial charge in [0.15, 0.2) is 0 Å². The molecule has 25 heavy (non-hydrogen) atoms. The molecule has 3 aliphatic rings. The Balaban J connectivity index is 1.82. The maximum atomic E-state index is 12.1. The Morgan fingerprint density at radius 3 is 2.92 bits per heavy atom. The number of amides is 1. The number of likely N-dealkylation sites (N-methyl/N-ethyl adjacent to an activating group) is 1. The summed E-state index contributed by atoms with van der Waals surface area (Å²) in [5.74, 6) is 0.556. The van der Waals surface area contributed by atoms with Crippen LogP contribution in [0.4, 0.5) is 11.4 Å². The van der Waals surface area contributed by atoms with Crippen molar-refractivity contribution in [3.63, 3.8) is 0 Å². The van der Waals surface area contributed by atoms with E-state index in [-0.39, 0.29) is 11.9 Å². The van der Waals surface area contributed by atoms with Crippen molar-refractivity contribution in [3.8, 4) is 0 Å². The number of anilines is 2. The lowest BCUT2D eigenvalue weighted by Crippen LogP contribution is -2.36. The molecule has 0 bridgehead atoms. The highest BCUT2D eigenvalue weighted by molar-refractivity contribution is 5.99. The number of hydrogen-bond acceptors (Lipinski definition) is 3. The molecular weight excluding hydrogens is 310 g/mol. The molecule has 130 valence electrons. The quantitative estimate of drug-likeness (QED) is 0.858. The van der Waals surface area contributed by atoms with Crippen molar-refractivity contribution in [2.75, 3.05) is 17.2 Å². The molecule has 1 aliphatic carbocycles. The molecule has 0 saturated heterocycles. The SMILES string of the molecule is CCN1C(c2cccc3c2N[C@H](C)CC(=O)N3)=CC2=CC=CC(C)C21. The molecule has 2 heterocycles. The zero-order chi connectivity index (χ0) is 17.6. The molecule has 4 heteroatoms. The molecule has 2 N–H and O–H groups in total. The maximum absolute atomic E-state index is 12.1. The maximum Gasteiger partial charge on any atom is 0.226 e. The first kappa shape index (κ1) is 16.0. The smallest absolute Gasteiger partial charge is 0.226 e. The number of nitrogens with zero attached hydrogens (tertiary/aromatic N) is 1. The minimum atomic E-state index is 0.0675. The van der Waals surface area contributed by atoms with Gasteiger partial charge >= 0.3 is 0 Å². The minimum absolute atomic E-state index is 0.0675. The molecular formula is C21H25N3O. The fourth-order valence-electron chi connectivity index (χ4n) is 4.24. The third-order valence-corrected chi connectivity index (χ3v) is 5.33. The van der Waals surface area contributed by atoms with Crippen molar-refractivity contribution in [1.29, 1.82) is 0 Å². The van der Waals surface area contributed by atoms with Gasteiger partial charge in [0.05, 0.1) is 17.4 Å². The number of para-hydroxylation sites is 1. The van der Waals surface area contributed by atoms with Crippen LogP contribution in [0.3, 0.4) is 0 Å². The molecule has 2 aliphatic heterocycles. The largest absolute Gasteiger partial charge is 0.380 e. The fraction of sp³-hybridized carbons (Fsp3) is 0.381. The summed E-state index contributed by atoms with van der Waals surface area (Å²) in [5, 5.41) is 6.60. The van der Waals surface area contributed by atoms with Gasteiger partial charge in [-0.2, -0.15) is 0 Å². The van der Waals surface area contributed by atoms with Crippen LogP contribution < -0.4 is 10.6 Å². The minimum Gasteiger partial charge on any atom is -0.380 e. The Morgan fingerprint density at radius 1 is 1.28 bits per heavy atom. The zero-order valence-electron chi connectivity index (χ0n) is 15.0. The van der Waals surface area contributed by atoms with Gasteiger partial charge in [-0.15, -0.1) is 0 Å². The van der Waals surface area contributed by atoms with Gasteiger partial charge in [0, 0.05) is 30.3 Å². The van der Waals surface area contributed by atoms with E-state index >= 15 is 0 Å². The van der Waals surface area contributed by atoms with Crippen LogP contribution in [-0.2, 0) is 4.79 Å². The fourth-order valence-corrected chi connectivity index (χ4v) is 4.24. The summed E-state index contributed by atoms with van der Waals surface area (Å²) in [7, 11) is 0. The normalized spacial score (nSPS) is 27.6. The van der Waals surface area contributed by atoms with Crippen molar-refractivity contribution < 1.29 is 4.79 Å². The zero-order valence-corrected chi connectivity index (χ0v) is 15.0. The predicted molar refractivity (Wildman–Crippen MR) is 103 cm³/mol. The number of hydrogen-bond donors (Lipinski definition) is 2. The average molecular weight is 335 g/mol. The lowest BCUT2D eigenvalue weighted by molar-refractivity contribution is -0.116. The van der Waals surface area contributed by atoms with Crippen LogP contribution in [0.1, 0.15) is 32.8 Å². The first-order valence-corrected chi connectivity index (χ1v) is 9.15. The molecule has 1 amide bonds. The highest BCUT2D eigenvalue weighted by Gasteiger charge is 2.35.